The molecule has 5 heteroatoms. The van der Waals surface area contributed by atoms with E-state index in [2.05, 4.69) is 86.2 Å². The van der Waals surface area contributed by atoms with Crippen molar-refractivity contribution in [2.75, 3.05) is 0 Å². The first kappa shape index (κ1) is 20.9. The van der Waals surface area contributed by atoms with Crippen molar-refractivity contribution in [3.8, 4) is 21.7 Å². The van der Waals surface area contributed by atoms with Gasteiger partial charge in [0.15, 0.2) is 0 Å². The lowest BCUT2D eigenvalue weighted by Gasteiger charge is -2.15. The van der Waals surface area contributed by atoms with Crippen LogP contribution in [-0.4, -0.2) is 19.9 Å². The third kappa shape index (κ3) is 3.18. The fraction of sp³-hybridized carbons (Fsp3) is 0.267. The van der Waals surface area contributed by atoms with Gasteiger partial charge in [0.25, 0.3) is 0 Å². The quantitative estimate of drug-likeness (QED) is 0.270. The van der Waals surface area contributed by atoms with Crippen LogP contribution >= 0.6 is 11.3 Å². The molecule has 35 heavy (non-hydrogen) atoms. The number of H-pyrrole nitrogens is 2. The molecule has 0 saturated carbocycles. The number of hydrogen-bond donors (Lipinski definition) is 2. The lowest BCUT2D eigenvalue weighted by atomic mass is 9.91. The topological polar surface area (TPSA) is 57.4 Å². The number of nitrogens with zero attached hydrogens (tertiary/aromatic N) is 2. The maximum atomic E-state index is 4.98. The molecular formula is C30H28N4S. The molecule has 2 N–H and O–H groups in total. The molecule has 3 heterocycles. The summed E-state index contributed by atoms with van der Waals surface area (Å²) in [7, 11) is 0. The van der Waals surface area contributed by atoms with Crippen molar-refractivity contribution in [1.29, 1.82) is 0 Å². The average Bonchev–Trinajstić information content (AvgIpc) is 3.59. The minimum atomic E-state index is 0.385. The van der Waals surface area contributed by atoms with Crippen LogP contribution in [0.5, 0.6) is 0 Å². The zero-order chi connectivity index (χ0) is 23.8. The molecule has 1 aliphatic carbocycles. The number of hydrogen-bond acceptors (Lipinski definition) is 3. The van der Waals surface area contributed by atoms with E-state index in [1.807, 2.05) is 11.3 Å². The second kappa shape index (κ2) is 7.53. The fourth-order valence-corrected chi connectivity index (χ4v) is 6.61. The first-order chi connectivity index (χ1) is 17.0. The van der Waals surface area contributed by atoms with E-state index in [0.717, 1.165) is 41.2 Å². The first-order valence-electron chi connectivity index (χ1n) is 12.5. The number of fused-ring (bicyclic) bond motifs is 8. The van der Waals surface area contributed by atoms with E-state index in [9.17, 15) is 0 Å². The van der Waals surface area contributed by atoms with Crippen LogP contribution in [0.2, 0.25) is 0 Å². The standard InChI is InChI=1S/C30H28N4S/c1-15(2)29-31-23-11-7-17-13-18(5-8-20(17)26(23)33-29)25-14-19-6-9-21-22(28(19)35-25)10-12-24-27(21)34-30(32-24)16(3)4/h5-9,11,13-16H,10,12H2,1-4H3,(H,31,33)(H,32,34). The number of imidazole rings is 2. The molecule has 0 saturated heterocycles. The molecular weight excluding hydrogens is 448 g/mol. The van der Waals surface area contributed by atoms with Crippen molar-refractivity contribution < 1.29 is 0 Å². The number of aryl methyl sites for hydroxylation is 2. The number of rotatable bonds is 3. The summed E-state index contributed by atoms with van der Waals surface area (Å²) in [5.74, 6) is 2.94. The summed E-state index contributed by atoms with van der Waals surface area (Å²) < 4.78 is 1.40. The van der Waals surface area contributed by atoms with Crippen molar-refractivity contribution in [3.05, 3.63) is 71.4 Å². The van der Waals surface area contributed by atoms with Crippen LogP contribution in [0.15, 0.2) is 48.5 Å². The Morgan fingerprint density at radius 3 is 2.43 bits per heavy atom. The van der Waals surface area contributed by atoms with E-state index in [-0.39, 0.29) is 0 Å². The molecule has 0 fully saturated rings. The van der Waals surface area contributed by atoms with Crippen LogP contribution in [0.1, 0.15) is 62.4 Å². The summed E-state index contributed by atoms with van der Waals surface area (Å²) in [6.45, 7) is 8.75. The summed E-state index contributed by atoms with van der Waals surface area (Å²) in [5.41, 5.74) is 8.65. The van der Waals surface area contributed by atoms with Gasteiger partial charge in [0.05, 0.1) is 16.7 Å². The van der Waals surface area contributed by atoms with Crippen molar-refractivity contribution in [3.63, 3.8) is 0 Å². The third-order valence-corrected chi connectivity index (χ3v) is 8.59. The molecule has 0 bridgehead atoms. The van der Waals surface area contributed by atoms with Crippen LogP contribution in [0.3, 0.4) is 0 Å². The van der Waals surface area contributed by atoms with Crippen LogP contribution < -0.4 is 0 Å². The highest BCUT2D eigenvalue weighted by atomic mass is 32.1. The molecule has 6 aromatic rings. The smallest absolute Gasteiger partial charge is 0.109 e. The summed E-state index contributed by atoms with van der Waals surface area (Å²) in [4.78, 5) is 18.2. The van der Waals surface area contributed by atoms with Gasteiger partial charge < -0.3 is 9.97 Å². The number of nitrogens with one attached hydrogen (secondary N) is 2. The van der Waals surface area contributed by atoms with E-state index in [1.54, 1.807) is 0 Å². The zero-order valence-electron chi connectivity index (χ0n) is 20.5. The van der Waals surface area contributed by atoms with Crippen LogP contribution in [0, 0.1) is 0 Å². The molecule has 0 amide bonds. The second-order valence-corrected chi connectivity index (χ2v) is 11.5. The Hall–Kier alpha value is -3.44. The highest BCUT2D eigenvalue weighted by molar-refractivity contribution is 7.22. The predicted octanol–water partition coefficient (Wildman–Crippen LogP) is 8.33. The van der Waals surface area contributed by atoms with Gasteiger partial charge >= 0.3 is 0 Å². The summed E-state index contributed by atoms with van der Waals surface area (Å²) in [6.07, 6.45) is 2.09. The Balaban J connectivity index is 1.34. The Bertz CT molecular complexity index is 1760. The van der Waals surface area contributed by atoms with Crippen molar-refractivity contribution in [2.24, 2.45) is 0 Å². The van der Waals surface area contributed by atoms with Gasteiger partial charge in [0.2, 0.25) is 0 Å². The molecule has 3 aromatic carbocycles. The van der Waals surface area contributed by atoms with E-state index >= 15 is 0 Å². The first-order valence-corrected chi connectivity index (χ1v) is 13.3. The van der Waals surface area contributed by atoms with E-state index in [1.165, 1.54) is 48.1 Å². The Labute approximate surface area is 208 Å². The van der Waals surface area contributed by atoms with E-state index < -0.39 is 0 Å². The van der Waals surface area contributed by atoms with Gasteiger partial charge in [-0.1, -0.05) is 58.0 Å². The van der Waals surface area contributed by atoms with Gasteiger partial charge in [-0.05, 0) is 52.9 Å². The lowest BCUT2D eigenvalue weighted by molar-refractivity contribution is 0.787. The molecule has 1 aliphatic rings. The van der Waals surface area contributed by atoms with Crippen LogP contribution in [0.25, 0.3) is 53.6 Å². The van der Waals surface area contributed by atoms with Gasteiger partial charge in [0.1, 0.15) is 11.6 Å². The van der Waals surface area contributed by atoms with Crippen molar-refractivity contribution in [1.82, 2.24) is 19.9 Å². The number of thiophene rings is 1. The van der Waals surface area contributed by atoms with Gasteiger partial charge in [-0.25, -0.2) is 9.97 Å². The Morgan fingerprint density at radius 2 is 1.60 bits per heavy atom. The second-order valence-electron chi connectivity index (χ2n) is 10.4. The molecule has 3 aromatic heterocycles. The van der Waals surface area contributed by atoms with Gasteiger partial charge in [-0.3, -0.25) is 0 Å². The summed E-state index contributed by atoms with van der Waals surface area (Å²) in [5, 5.41) is 3.77. The summed E-state index contributed by atoms with van der Waals surface area (Å²) >= 11 is 1.91. The number of benzene rings is 3. The average molecular weight is 477 g/mol. The van der Waals surface area contributed by atoms with Crippen LogP contribution in [0.4, 0.5) is 0 Å². The summed E-state index contributed by atoms with van der Waals surface area (Å²) in [6, 6.07) is 18.1. The van der Waals surface area contributed by atoms with Crippen molar-refractivity contribution in [2.45, 2.75) is 52.4 Å². The highest BCUT2D eigenvalue weighted by Crippen LogP contribution is 2.43. The van der Waals surface area contributed by atoms with Crippen molar-refractivity contribution >= 4 is 43.2 Å². The molecule has 0 unspecified atom stereocenters. The number of aromatic nitrogens is 4. The largest absolute Gasteiger partial charge is 0.345 e. The fourth-order valence-electron chi connectivity index (χ4n) is 5.38. The highest BCUT2D eigenvalue weighted by Gasteiger charge is 2.24. The minimum absolute atomic E-state index is 0.385. The SMILES string of the molecule is CC(C)c1nc2c([nH]1)CCc1c-2ccc2cc(-c3ccc4c(ccc5[nH]c(C(C)C)nc54)c3)sc12. The van der Waals surface area contributed by atoms with Crippen LogP contribution in [-0.2, 0) is 12.8 Å². The third-order valence-electron chi connectivity index (χ3n) is 7.33. The zero-order valence-corrected chi connectivity index (χ0v) is 21.3. The monoisotopic (exact) mass is 476 g/mol. The van der Waals surface area contributed by atoms with E-state index in [0.29, 0.717) is 11.8 Å². The van der Waals surface area contributed by atoms with Gasteiger partial charge in [-0.15, -0.1) is 11.3 Å². The molecule has 0 radical (unpaired) electrons. The van der Waals surface area contributed by atoms with Gasteiger partial charge in [-0.2, -0.15) is 0 Å². The molecule has 0 atom stereocenters. The van der Waals surface area contributed by atoms with E-state index in [4.69, 9.17) is 9.97 Å². The van der Waals surface area contributed by atoms with Gasteiger partial charge in [0, 0.05) is 38.1 Å². The normalized spacial score (nSPS) is 13.4. The molecule has 4 nitrogen and oxygen atoms in total. The Kier molecular flexibility index (Phi) is 4.49. The maximum Gasteiger partial charge on any atom is 0.109 e. The predicted molar refractivity (Wildman–Crippen MR) is 148 cm³/mol. The minimum Gasteiger partial charge on any atom is -0.345 e. The number of aromatic amines is 2. The molecule has 0 spiro atoms. The lowest BCUT2D eigenvalue weighted by Crippen LogP contribution is -2.03. The maximum absolute atomic E-state index is 4.98. The molecule has 7 rings (SSSR count). The molecule has 0 aliphatic heterocycles. The Morgan fingerprint density at radius 1 is 0.800 bits per heavy atom. The molecule has 174 valence electrons.